The zero-order chi connectivity index (χ0) is 12.6. The summed E-state index contributed by atoms with van der Waals surface area (Å²) in [5.74, 6) is 0. The second-order valence-corrected chi connectivity index (χ2v) is 4.95. The van der Waals surface area contributed by atoms with Gasteiger partial charge in [-0.1, -0.05) is 6.07 Å². The summed E-state index contributed by atoms with van der Waals surface area (Å²) < 4.78 is 0. The number of piperazine rings is 1. The van der Waals surface area contributed by atoms with Gasteiger partial charge in [-0.3, -0.25) is 4.98 Å². The molecule has 0 spiro atoms. The van der Waals surface area contributed by atoms with Crippen LogP contribution in [0.3, 0.4) is 0 Å². The zero-order valence-electron chi connectivity index (χ0n) is 11.2. The fourth-order valence-corrected chi connectivity index (χ4v) is 2.34. The van der Waals surface area contributed by atoms with E-state index in [2.05, 4.69) is 33.6 Å². The molecule has 1 unspecified atom stereocenters. The second-order valence-electron chi connectivity index (χ2n) is 4.95. The first-order valence-corrected chi connectivity index (χ1v) is 6.88. The third kappa shape index (κ3) is 4.37. The number of hydrogen-bond donors (Lipinski definition) is 2. The van der Waals surface area contributed by atoms with Crippen LogP contribution in [0.5, 0.6) is 0 Å². The molecule has 1 aromatic heterocycles. The summed E-state index contributed by atoms with van der Waals surface area (Å²) in [5.41, 5.74) is 1.17. The summed E-state index contributed by atoms with van der Waals surface area (Å²) in [4.78, 5) is 6.78. The van der Waals surface area contributed by atoms with Gasteiger partial charge in [-0.25, -0.2) is 0 Å². The lowest BCUT2D eigenvalue weighted by atomic mass is 10.1. The van der Waals surface area contributed by atoms with Crippen LogP contribution < -0.4 is 10.6 Å². The predicted molar refractivity (Wildman–Crippen MR) is 74.7 cm³/mol. The number of likely N-dealkylation sites (N-methyl/N-ethyl adjacent to an activating group) is 1. The van der Waals surface area contributed by atoms with Crippen molar-refractivity contribution >= 4 is 0 Å². The minimum atomic E-state index is 0.682. The fraction of sp³-hybridized carbons (Fsp3) is 0.643. The largest absolute Gasteiger partial charge is 0.316 e. The molecule has 4 nitrogen and oxygen atoms in total. The van der Waals surface area contributed by atoms with Crippen LogP contribution in [0, 0.1) is 0 Å². The average Bonchev–Trinajstić information content (AvgIpc) is 2.42. The van der Waals surface area contributed by atoms with Gasteiger partial charge >= 0.3 is 0 Å². The molecule has 1 fully saturated rings. The SMILES string of the molecule is CN1CCNCC1CCNCCc1ccccn1. The molecule has 1 atom stereocenters. The van der Waals surface area contributed by atoms with E-state index >= 15 is 0 Å². The molecule has 2 N–H and O–H groups in total. The molecule has 0 aliphatic carbocycles. The van der Waals surface area contributed by atoms with E-state index in [1.165, 1.54) is 18.7 Å². The van der Waals surface area contributed by atoms with Gasteiger partial charge in [0, 0.05) is 50.5 Å². The zero-order valence-corrected chi connectivity index (χ0v) is 11.2. The van der Waals surface area contributed by atoms with Crippen LogP contribution in [0.15, 0.2) is 24.4 Å². The van der Waals surface area contributed by atoms with E-state index < -0.39 is 0 Å². The molecular formula is C14H24N4. The van der Waals surface area contributed by atoms with Gasteiger partial charge in [0.05, 0.1) is 0 Å². The molecule has 1 aliphatic rings. The van der Waals surface area contributed by atoms with E-state index in [1.807, 2.05) is 18.3 Å². The molecule has 18 heavy (non-hydrogen) atoms. The van der Waals surface area contributed by atoms with Crippen molar-refractivity contribution in [2.24, 2.45) is 0 Å². The molecule has 0 saturated carbocycles. The molecule has 1 saturated heterocycles. The van der Waals surface area contributed by atoms with Crippen molar-refractivity contribution in [2.75, 3.05) is 39.8 Å². The molecule has 4 heteroatoms. The number of aromatic nitrogens is 1. The van der Waals surface area contributed by atoms with E-state index in [-0.39, 0.29) is 0 Å². The van der Waals surface area contributed by atoms with Crippen molar-refractivity contribution in [1.82, 2.24) is 20.5 Å². The van der Waals surface area contributed by atoms with Gasteiger partial charge in [-0.2, -0.15) is 0 Å². The maximum Gasteiger partial charge on any atom is 0.0416 e. The highest BCUT2D eigenvalue weighted by molar-refractivity contribution is 5.03. The third-order valence-electron chi connectivity index (χ3n) is 3.58. The quantitative estimate of drug-likeness (QED) is 0.720. The smallest absolute Gasteiger partial charge is 0.0416 e. The Morgan fingerprint density at radius 1 is 1.44 bits per heavy atom. The summed E-state index contributed by atoms with van der Waals surface area (Å²) in [5, 5.41) is 6.96. The van der Waals surface area contributed by atoms with E-state index in [0.29, 0.717) is 6.04 Å². The number of pyridine rings is 1. The second kappa shape index (κ2) is 7.46. The number of rotatable bonds is 6. The summed E-state index contributed by atoms with van der Waals surface area (Å²) in [6.45, 7) is 5.52. The topological polar surface area (TPSA) is 40.2 Å². The molecule has 100 valence electrons. The van der Waals surface area contributed by atoms with Crippen LogP contribution in [0.4, 0.5) is 0 Å². The van der Waals surface area contributed by atoms with Gasteiger partial charge in [0.1, 0.15) is 0 Å². The van der Waals surface area contributed by atoms with Gasteiger partial charge in [-0.05, 0) is 32.1 Å². The molecule has 1 aromatic rings. The minimum Gasteiger partial charge on any atom is -0.316 e. The summed E-state index contributed by atoms with van der Waals surface area (Å²) in [6, 6.07) is 6.77. The fourth-order valence-electron chi connectivity index (χ4n) is 2.34. The number of nitrogens with one attached hydrogen (secondary N) is 2. The van der Waals surface area contributed by atoms with Crippen LogP contribution in [0.1, 0.15) is 12.1 Å². The van der Waals surface area contributed by atoms with Gasteiger partial charge in [0.2, 0.25) is 0 Å². The minimum absolute atomic E-state index is 0.682. The molecule has 2 heterocycles. The Kier molecular flexibility index (Phi) is 5.58. The average molecular weight is 248 g/mol. The van der Waals surface area contributed by atoms with Crippen molar-refractivity contribution in [1.29, 1.82) is 0 Å². The highest BCUT2D eigenvalue weighted by Crippen LogP contribution is 2.03. The Balaban J connectivity index is 1.56. The van der Waals surface area contributed by atoms with Crippen molar-refractivity contribution in [3.05, 3.63) is 30.1 Å². The first kappa shape index (κ1) is 13.5. The lowest BCUT2D eigenvalue weighted by Gasteiger charge is -2.33. The van der Waals surface area contributed by atoms with Crippen LogP contribution in [-0.2, 0) is 6.42 Å². The molecule has 0 amide bonds. The molecular weight excluding hydrogens is 224 g/mol. The van der Waals surface area contributed by atoms with E-state index in [0.717, 1.165) is 32.6 Å². The molecule has 0 bridgehead atoms. The summed E-state index contributed by atoms with van der Waals surface area (Å²) in [7, 11) is 2.22. The van der Waals surface area contributed by atoms with Crippen molar-refractivity contribution in [3.8, 4) is 0 Å². The standard InChI is InChI=1S/C14H24N4/c1-18-11-10-16-12-14(18)6-9-15-8-5-13-4-2-3-7-17-13/h2-4,7,14-16H,5-6,8-12H2,1H3. The van der Waals surface area contributed by atoms with Crippen molar-refractivity contribution < 1.29 is 0 Å². The van der Waals surface area contributed by atoms with Crippen molar-refractivity contribution in [2.45, 2.75) is 18.9 Å². The molecule has 1 aliphatic heterocycles. The van der Waals surface area contributed by atoms with Crippen LogP contribution in [0.25, 0.3) is 0 Å². The van der Waals surface area contributed by atoms with Crippen LogP contribution >= 0.6 is 0 Å². The van der Waals surface area contributed by atoms with Gasteiger partial charge in [0.25, 0.3) is 0 Å². The van der Waals surface area contributed by atoms with Crippen LogP contribution in [0.2, 0.25) is 0 Å². The maximum atomic E-state index is 4.32. The maximum absolute atomic E-state index is 4.32. The van der Waals surface area contributed by atoms with Gasteiger partial charge in [-0.15, -0.1) is 0 Å². The van der Waals surface area contributed by atoms with E-state index in [4.69, 9.17) is 0 Å². The number of hydrogen-bond acceptors (Lipinski definition) is 4. The first-order chi connectivity index (χ1) is 8.86. The van der Waals surface area contributed by atoms with E-state index in [9.17, 15) is 0 Å². The van der Waals surface area contributed by atoms with Crippen LogP contribution in [-0.4, -0.2) is 55.7 Å². The molecule has 0 radical (unpaired) electrons. The Bertz CT molecular complexity index is 328. The highest BCUT2D eigenvalue weighted by Gasteiger charge is 2.17. The predicted octanol–water partition coefficient (Wildman–Crippen LogP) is 0.507. The summed E-state index contributed by atoms with van der Waals surface area (Å²) >= 11 is 0. The van der Waals surface area contributed by atoms with Gasteiger partial charge in [0.15, 0.2) is 0 Å². The third-order valence-corrected chi connectivity index (χ3v) is 3.58. The Morgan fingerprint density at radius 2 is 2.39 bits per heavy atom. The number of nitrogens with zero attached hydrogens (tertiary/aromatic N) is 2. The Labute approximate surface area is 110 Å². The van der Waals surface area contributed by atoms with Crippen molar-refractivity contribution in [3.63, 3.8) is 0 Å². The molecule has 2 rings (SSSR count). The lowest BCUT2D eigenvalue weighted by molar-refractivity contribution is 0.190. The first-order valence-electron chi connectivity index (χ1n) is 6.88. The van der Waals surface area contributed by atoms with Gasteiger partial charge < -0.3 is 15.5 Å². The Morgan fingerprint density at radius 3 is 3.17 bits per heavy atom. The summed E-state index contributed by atoms with van der Waals surface area (Å²) in [6.07, 6.45) is 4.09. The Hall–Kier alpha value is -0.970. The highest BCUT2D eigenvalue weighted by atomic mass is 15.2. The normalized spacial score (nSPS) is 21.1. The molecule has 0 aromatic carbocycles. The van der Waals surface area contributed by atoms with E-state index in [1.54, 1.807) is 0 Å². The lowest BCUT2D eigenvalue weighted by Crippen LogP contribution is -2.50. The monoisotopic (exact) mass is 248 g/mol.